The molecule has 4 heterocycles. The van der Waals surface area contributed by atoms with Crippen LogP contribution in [0.25, 0.3) is 11.0 Å². The topological polar surface area (TPSA) is 96.2 Å². The summed E-state index contributed by atoms with van der Waals surface area (Å²) in [5.41, 5.74) is 0.827. The van der Waals surface area contributed by atoms with Crippen molar-refractivity contribution in [1.82, 2.24) is 30.0 Å². The van der Waals surface area contributed by atoms with Gasteiger partial charge in [0.1, 0.15) is 17.7 Å². The summed E-state index contributed by atoms with van der Waals surface area (Å²) in [4.78, 5) is 38.0. The number of rotatable bonds is 2. The Kier molecular flexibility index (Phi) is 3.76. The van der Waals surface area contributed by atoms with Gasteiger partial charge in [-0.3, -0.25) is 14.3 Å². The molecule has 0 bridgehead atoms. The van der Waals surface area contributed by atoms with Crippen molar-refractivity contribution in [2.24, 2.45) is 7.05 Å². The molecule has 9 nitrogen and oxygen atoms in total. The molecule has 1 atom stereocenters. The molecule has 1 N–H and O–H groups in total. The van der Waals surface area contributed by atoms with Crippen molar-refractivity contribution in [3.8, 4) is 0 Å². The Labute approximate surface area is 156 Å². The molecule has 0 radical (unpaired) electrons. The van der Waals surface area contributed by atoms with Crippen molar-refractivity contribution in [3.05, 3.63) is 12.0 Å². The maximum absolute atomic E-state index is 12.3. The summed E-state index contributed by atoms with van der Waals surface area (Å²) in [6, 6.07) is -0.461. The van der Waals surface area contributed by atoms with E-state index in [9.17, 15) is 9.59 Å². The van der Waals surface area contributed by atoms with Crippen LogP contribution < -0.4 is 10.2 Å². The van der Waals surface area contributed by atoms with E-state index in [0.717, 1.165) is 35.5 Å². The molecule has 2 saturated heterocycles. The maximum Gasteiger partial charge on any atom is 0.245 e. The lowest BCUT2D eigenvalue weighted by molar-refractivity contribution is -0.146. The van der Waals surface area contributed by atoms with Gasteiger partial charge in [0.25, 0.3) is 0 Å². The number of amides is 2. The first-order valence-electron chi connectivity index (χ1n) is 9.63. The van der Waals surface area contributed by atoms with Crippen LogP contribution in [0.15, 0.2) is 6.20 Å². The highest BCUT2D eigenvalue weighted by atomic mass is 16.2. The maximum atomic E-state index is 12.3. The van der Waals surface area contributed by atoms with E-state index in [0.29, 0.717) is 25.6 Å². The minimum absolute atomic E-state index is 0.0138. The van der Waals surface area contributed by atoms with E-state index in [1.165, 1.54) is 12.8 Å². The SMILES string of the molecule is Cn1ncc2c(N3CCN4C(=O)CNC(=O)C4C3)nc(C3CCCC3)nc21. The number of aromatic nitrogens is 4. The lowest BCUT2D eigenvalue weighted by Crippen LogP contribution is -2.66. The number of carbonyl (C=O) groups is 2. The number of carbonyl (C=O) groups excluding carboxylic acids is 2. The van der Waals surface area contributed by atoms with Gasteiger partial charge in [-0.25, -0.2) is 9.97 Å². The van der Waals surface area contributed by atoms with E-state index in [1.807, 2.05) is 7.05 Å². The molecule has 142 valence electrons. The number of hydrogen-bond donors (Lipinski definition) is 1. The third-order valence-electron chi connectivity index (χ3n) is 6.03. The first kappa shape index (κ1) is 16.5. The zero-order valence-corrected chi connectivity index (χ0v) is 15.4. The van der Waals surface area contributed by atoms with Gasteiger partial charge in [0.15, 0.2) is 5.65 Å². The van der Waals surface area contributed by atoms with Crippen LogP contribution in [0.1, 0.15) is 37.4 Å². The van der Waals surface area contributed by atoms with Crippen molar-refractivity contribution in [1.29, 1.82) is 0 Å². The Morgan fingerprint density at radius 2 is 1.96 bits per heavy atom. The molecular weight excluding hydrogens is 346 g/mol. The predicted molar refractivity (Wildman–Crippen MR) is 98.2 cm³/mol. The van der Waals surface area contributed by atoms with Gasteiger partial charge in [0, 0.05) is 32.6 Å². The Morgan fingerprint density at radius 1 is 1.15 bits per heavy atom. The third-order valence-corrected chi connectivity index (χ3v) is 6.03. The molecule has 2 aromatic heterocycles. The van der Waals surface area contributed by atoms with Gasteiger partial charge in [-0.15, -0.1) is 0 Å². The Morgan fingerprint density at radius 3 is 2.78 bits per heavy atom. The van der Waals surface area contributed by atoms with Gasteiger partial charge >= 0.3 is 0 Å². The molecule has 1 aliphatic carbocycles. The van der Waals surface area contributed by atoms with E-state index in [1.54, 1.807) is 15.8 Å². The smallest absolute Gasteiger partial charge is 0.245 e. The highest BCUT2D eigenvalue weighted by molar-refractivity contribution is 5.96. The molecule has 2 aromatic rings. The second kappa shape index (κ2) is 6.17. The zero-order chi connectivity index (χ0) is 18.5. The number of hydrogen-bond acceptors (Lipinski definition) is 6. The summed E-state index contributed by atoms with van der Waals surface area (Å²) >= 11 is 0. The van der Waals surface area contributed by atoms with E-state index >= 15 is 0 Å². The summed E-state index contributed by atoms with van der Waals surface area (Å²) < 4.78 is 1.78. The Balaban J connectivity index is 1.54. The van der Waals surface area contributed by atoms with Crippen LogP contribution in [-0.4, -0.2) is 68.7 Å². The van der Waals surface area contributed by atoms with Crippen LogP contribution in [0, 0.1) is 0 Å². The van der Waals surface area contributed by atoms with Crippen LogP contribution in [0.2, 0.25) is 0 Å². The van der Waals surface area contributed by atoms with E-state index in [-0.39, 0.29) is 18.4 Å². The van der Waals surface area contributed by atoms with E-state index < -0.39 is 6.04 Å². The van der Waals surface area contributed by atoms with Crippen LogP contribution in [0.4, 0.5) is 5.82 Å². The van der Waals surface area contributed by atoms with E-state index in [4.69, 9.17) is 9.97 Å². The fraction of sp³-hybridized carbons (Fsp3) is 0.611. The van der Waals surface area contributed by atoms with Gasteiger partial charge in [-0.05, 0) is 12.8 Å². The minimum Gasteiger partial charge on any atom is -0.352 e. The molecule has 2 aliphatic heterocycles. The van der Waals surface area contributed by atoms with Crippen molar-refractivity contribution in [2.45, 2.75) is 37.6 Å². The fourth-order valence-electron chi connectivity index (χ4n) is 4.51. The quantitative estimate of drug-likeness (QED) is 0.811. The standard InChI is InChI=1S/C18H23N7O2/c1-23-16-12(8-20-23)17(22-15(21-16)11-4-2-3-5-11)24-6-7-25-13(10-24)18(27)19-9-14(25)26/h8,11,13H,2-7,9-10H2,1H3,(H,19,27). The van der Waals surface area contributed by atoms with Crippen molar-refractivity contribution in [2.75, 3.05) is 31.1 Å². The highest BCUT2D eigenvalue weighted by Gasteiger charge is 2.39. The highest BCUT2D eigenvalue weighted by Crippen LogP contribution is 2.35. The fourth-order valence-corrected chi connectivity index (χ4v) is 4.51. The summed E-state index contributed by atoms with van der Waals surface area (Å²) in [6.45, 7) is 1.73. The van der Waals surface area contributed by atoms with Gasteiger partial charge < -0.3 is 15.1 Å². The molecule has 2 amide bonds. The third kappa shape index (κ3) is 2.64. The predicted octanol–water partition coefficient (Wildman–Crippen LogP) is 0.168. The lowest BCUT2D eigenvalue weighted by Gasteiger charge is -2.43. The average Bonchev–Trinajstić information content (AvgIpc) is 3.34. The molecule has 1 unspecified atom stereocenters. The molecule has 1 saturated carbocycles. The minimum atomic E-state index is -0.461. The largest absolute Gasteiger partial charge is 0.352 e. The summed E-state index contributed by atoms with van der Waals surface area (Å²) in [5, 5.41) is 7.96. The molecule has 3 aliphatic rings. The molecule has 5 rings (SSSR count). The lowest BCUT2D eigenvalue weighted by atomic mass is 10.1. The van der Waals surface area contributed by atoms with E-state index in [2.05, 4.69) is 15.3 Å². The van der Waals surface area contributed by atoms with Crippen molar-refractivity contribution < 1.29 is 9.59 Å². The number of nitrogens with one attached hydrogen (secondary N) is 1. The number of piperazine rings is 2. The zero-order valence-electron chi connectivity index (χ0n) is 15.4. The van der Waals surface area contributed by atoms with Gasteiger partial charge in [-0.2, -0.15) is 5.10 Å². The van der Waals surface area contributed by atoms with Crippen LogP contribution in [-0.2, 0) is 16.6 Å². The van der Waals surface area contributed by atoms with Crippen LogP contribution in [0.5, 0.6) is 0 Å². The summed E-state index contributed by atoms with van der Waals surface area (Å²) in [5.74, 6) is 2.00. The van der Waals surface area contributed by atoms with Gasteiger partial charge in [0.2, 0.25) is 11.8 Å². The molecule has 0 aromatic carbocycles. The number of nitrogens with zero attached hydrogens (tertiary/aromatic N) is 6. The van der Waals surface area contributed by atoms with Crippen molar-refractivity contribution >= 4 is 28.7 Å². The molecule has 27 heavy (non-hydrogen) atoms. The first-order valence-corrected chi connectivity index (χ1v) is 9.63. The molecule has 0 spiro atoms. The second-order valence-electron chi connectivity index (χ2n) is 7.66. The average molecular weight is 369 g/mol. The Hall–Kier alpha value is -2.71. The summed E-state index contributed by atoms with van der Waals surface area (Å²) in [7, 11) is 1.89. The van der Waals surface area contributed by atoms with Crippen LogP contribution in [0.3, 0.4) is 0 Å². The molecule has 9 heteroatoms. The first-order chi connectivity index (χ1) is 13.1. The van der Waals surface area contributed by atoms with Crippen LogP contribution >= 0.6 is 0 Å². The monoisotopic (exact) mass is 369 g/mol. The molecule has 3 fully saturated rings. The van der Waals surface area contributed by atoms with Crippen molar-refractivity contribution in [3.63, 3.8) is 0 Å². The number of fused-ring (bicyclic) bond motifs is 2. The number of aryl methyl sites for hydroxylation is 1. The van der Waals surface area contributed by atoms with Gasteiger partial charge in [-0.1, -0.05) is 12.8 Å². The normalized spacial score (nSPS) is 23.8. The molecular formula is C18H23N7O2. The van der Waals surface area contributed by atoms with Gasteiger partial charge in [0.05, 0.1) is 18.1 Å². The Bertz CT molecular complexity index is 918. The number of anilines is 1. The summed E-state index contributed by atoms with van der Waals surface area (Å²) in [6.07, 6.45) is 6.47. The second-order valence-corrected chi connectivity index (χ2v) is 7.66.